The van der Waals surface area contributed by atoms with Crippen molar-refractivity contribution >= 4 is 12.0 Å². The number of primary amides is 1. The third kappa shape index (κ3) is 3.25. The largest absolute Gasteiger partial charge is 0.481 e. The van der Waals surface area contributed by atoms with Gasteiger partial charge >= 0.3 is 12.0 Å². The van der Waals surface area contributed by atoms with Crippen LogP contribution in [0.15, 0.2) is 12.7 Å². The molecule has 0 bridgehead atoms. The number of carboxylic acids is 1. The molecule has 5 nitrogen and oxygen atoms in total. The molecule has 1 aliphatic heterocycles. The maximum absolute atomic E-state index is 11.0. The van der Waals surface area contributed by atoms with Gasteiger partial charge in [0, 0.05) is 19.5 Å². The monoisotopic (exact) mass is 226 g/mol. The number of nitrogens with two attached hydrogens (primary N) is 1. The SMILES string of the molecule is C=CC1CN(C(N)=O)CCC1CCC(=O)O. The van der Waals surface area contributed by atoms with Crippen LogP contribution < -0.4 is 5.73 Å². The highest BCUT2D eigenvalue weighted by Gasteiger charge is 2.28. The molecule has 2 amide bonds. The lowest BCUT2D eigenvalue weighted by atomic mass is 9.82. The van der Waals surface area contributed by atoms with Crippen molar-refractivity contribution in [2.45, 2.75) is 19.3 Å². The fourth-order valence-electron chi connectivity index (χ4n) is 2.17. The molecule has 1 fully saturated rings. The van der Waals surface area contributed by atoms with Crippen LogP contribution in [0.3, 0.4) is 0 Å². The van der Waals surface area contributed by atoms with E-state index < -0.39 is 12.0 Å². The first-order valence-electron chi connectivity index (χ1n) is 5.43. The summed E-state index contributed by atoms with van der Waals surface area (Å²) in [4.78, 5) is 23.1. The van der Waals surface area contributed by atoms with Gasteiger partial charge in [0.25, 0.3) is 0 Å². The molecule has 3 N–H and O–H groups in total. The van der Waals surface area contributed by atoms with Gasteiger partial charge in [0.2, 0.25) is 0 Å². The van der Waals surface area contributed by atoms with Gasteiger partial charge in [-0.3, -0.25) is 4.79 Å². The van der Waals surface area contributed by atoms with E-state index >= 15 is 0 Å². The van der Waals surface area contributed by atoms with Crippen LogP contribution in [-0.2, 0) is 4.79 Å². The molecule has 1 heterocycles. The third-order valence-electron chi connectivity index (χ3n) is 3.15. The minimum absolute atomic E-state index is 0.153. The van der Waals surface area contributed by atoms with Crippen LogP contribution in [0, 0.1) is 11.8 Å². The zero-order valence-corrected chi connectivity index (χ0v) is 9.26. The van der Waals surface area contributed by atoms with Crippen molar-refractivity contribution in [2.75, 3.05) is 13.1 Å². The van der Waals surface area contributed by atoms with Crippen molar-refractivity contribution in [3.63, 3.8) is 0 Å². The van der Waals surface area contributed by atoms with Crippen molar-refractivity contribution in [1.82, 2.24) is 4.90 Å². The van der Waals surface area contributed by atoms with Crippen molar-refractivity contribution < 1.29 is 14.7 Å². The van der Waals surface area contributed by atoms with Gasteiger partial charge in [0.05, 0.1) is 0 Å². The van der Waals surface area contributed by atoms with E-state index in [1.807, 2.05) is 0 Å². The van der Waals surface area contributed by atoms with Gasteiger partial charge in [-0.2, -0.15) is 0 Å². The van der Waals surface area contributed by atoms with Gasteiger partial charge in [-0.1, -0.05) is 6.08 Å². The number of hydrogen-bond donors (Lipinski definition) is 2. The number of piperidine rings is 1. The summed E-state index contributed by atoms with van der Waals surface area (Å²) in [5.41, 5.74) is 5.21. The van der Waals surface area contributed by atoms with Crippen molar-refractivity contribution in [1.29, 1.82) is 0 Å². The molecule has 2 unspecified atom stereocenters. The Kier molecular flexibility index (Phi) is 4.34. The van der Waals surface area contributed by atoms with Gasteiger partial charge in [-0.05, 0) is 24.7 Å². The maximum atomic E-state index is 11.0. The van der Waals surface area contributed by atoms with E-state index in [-0.39, 0.29) is 12.3 Å². The Balaban J connectivity index is 2.51. The molecule has 1 saturated heterocycles. The van der Waals surface area contributed by atoms with E-state index in [0.717, 1.165) is 6.42 Å². The number of carbonyl (C=O) groups excluding carboxylic acids is 1. The first-order chi connectivity index (χ1) is 7.54. The molecule has 2 atom stereocenters. The number of carbonyl (C=O) groups is 2. The van der Waals surface area contributed by atoms with Crippen LogP contribution in [-0.4, -0.2) is 35.1 Å². The van der Waals surface area contributed by atoms with Crippen LogP contribution in [0.1, 0.15) is 19.3 Å². The van der Waals surface area contributed by atoms with Crippen molar-refractivity contribution in [2.24, 2.45) is 17.6 Å². The Morgan fingerprint density at radius 2 is 2.25 bits per heavy atom. The van der Waals surface area contributed by atoms with Crippen LogP contribution in [0.2, 0.25) is 0 Å². The predicted molar refractivity (Wildman–Crippen MR) is 59.8 cm³/mol. The summed E-state index contributed by atoms with van der Waals surface area (Å²) >= 11 is 0. The number of urea groups is 1. The van der Waals surface area contributed by atoms with Crippen molar-refractivity contribution in [3.05, 3.63) is 12.7 Å². The standard InChI is InChI=1S/C11H18N2O3/c1-2-8-7-13(11(12)16)6-5-9(8)3-4-10(14)15/h2,8-9H,1,3-7H2,(H2,12,16)(H,14,15). The topological polar surface area (TPSA) is 83.6 Å². The second-order valence-corrected chi connectivity index (χ2v) is 4.16. The van der Waals surface area contributed by atoms with E-state index in [1.165, 1.54) is 0 Å². The van der Waals surface area contributed by atoms with E-state index in [4.69, 9.17) is 10.8 Å². The molecular weight excluding hydrogens is 208 g/mol. The summed E-state index contributed by atoms with van der Waals surface area (Å²) in [6, 6.07) is -0.413. The Morgan fingerprint density at radius 1 is 1.56 bits per heavy atom. The average molecular weight is 226 g/mol. The molecule has 0 saturated carbocycles. The number of carboxylic acid groups (broad SMARTS) is 1. The lowest BCUT2D eigenvalue weighted by molar-refractivity contribution is -0.137. The number of rotatable bonds is 4. The molecule has 0 aromatic heterocycles. The summed E-state index contributed by atoms with van der Waals surface area (Å²) < 4.78 is 0. The molecule has 1 rings (SSSR count). The lowest BCUT2D eigenvalue weighted by Crippen LogP contribution is -2.45. The maximum Gasteiger partial charge on any atom is 0.314 e. The summed E-state index contributed by atoms with van der Waals surface area (Å²) in [6.45, 7) is 4.90. The fourth-order valence-corrected chi connectivity index (χ4v) is 2.17. The third-order valence-corrected chi connectivity index (χ3v) is 3.15. The van der Waals surface area contributed by atoms with Gasteiger partial charge in [-0.25, -0.2) is 4.79 Å². The molecular formula is C11H18N2O3. The molecule has 16 heavy (non-hydrogen) atoms. The fraction of sp³-hybridized carbons (Fsp3) is 0.636. The van der Waals surface area contributed by atoms with E-state index in [9.17, 15) is 9.59 Å². The second-order valence-electron chi connectivity index (χ2n) is 4.16. The van der Waals surface area contributed by atoms with Gasteiger partial charge < -0.3 is 15.7 Å². The van der Waals surface area contributed by atoms with Gasteiger partial charge in [0.1, 0.15) is 0 Å². The Hall–Kier alpha value is -1.52. The highest BCUT2D eigenvalue weighted by molar-refractivity contribution is 5.72. The lowest BCUT2D eigenvalue weighted by Gasteiger charge is -2.36. The molecule has 5 heteroatoms. The molecule has 0 radical (unpaired) electrons. The molecule has 0 aromatic carbocycles. The smallest absolute Gasteiger partial charge is 0.314 e. The summed E-state index contributed by atoms with van der Waals surface area (Å²) in [5.74, 6) is -0.329. The zero-order chi connectivity index (χ0) is 12.1. The molecule has 0 aliphatic carbocycles. The minimum atomic E-state index is -0.778. The molecule has 1 aliphatic rings. The first kappa shape index (κ1) is 12.5. The average Bonchev–Trinajstić information content (AvgIpc) is 2.25. The Labute approximate surface area is 94.9 Å². The summed E-state index contributed by atoms with van der Waals surface area (Å²) in [5, 5.41) is 8.63. The Morgan fingerprint density at radius 3 is 2.75 bits per heavy atom. The Bertz CT molecular complexity index is 291. The number of hydrogen-bond acceptors (Lipinski definition) is 2. The van der Waals surface area contributed by atoms with Crippen molar-refractivity contribution in [3.8, 4) is 0 Å². The normalized spacial score (nSPS) is 25.1. The van der Waals surface area contributed by atoms with Gasteiger partial charge in [0.15, 0.2) is 0 Å². The number of nitrogens with zero attached hydrogens (tertiary/aromatic N) is 1. The predicted octanol–water partition coefficient (Wildman–Crippen LogP) is 1.05. The quantitative estimate of drug-likeness (QED) is 0.703. The van der Waals surface area contributed by atoms with Crippen LogP contribution in [0.4, 0.5) is 4.79 Å². The van der Waals surface area contributed by atoms with Crippen LogP contribution in [0.25, 0.3) is 0 Å². The second kappa shape index (κ2) is 5.53. The number of aliphatic carboxylic acids is 1. The number of likely N-dealkylation sites (tertiary alicyclic amines) is 1. The van der Waals surface area contributed by atoms with Gasteiger partial charge in [-0.15, -0.1) is 6.58 Å². The highest BCUT2D eigenvalue weighted by atomic mass is 16.4. The summed E-state index contributed by atoms with van der Waals surface area (Å²) in [7, 11) is 0. The highest BCUT2D eigenvalue weighted by Crippen LogP contribution is 2.28. The van der Waals surface area contributed by atoms with Crippen LogP contribution in [0.5, 0.6) is 0 Å². The van der Waals surface area contributed by atoms with Crippen LogP contribution >= 0.6 is 0 Å². The first-order valence-corrected chi connectivity index (χ1v) is 5.43. The number of amides is 2. The molecule has 0 aromatic rings. The summed E-state index contributed by atoms with van der Waals surface area (Å²) in [6.07, 6.45) is 3.40. The molecule has 90 valence electrons. The molecule has 0 spiro atoms. The minimum Gasteiger partial charge on any atom is -0.481 e. The van der Waals surface area contributed by atoms with E-state index in [0.29, 0.717) is 25.4 Å². The van der Waals surface area contributed by atoms with E-state index in [1.54, 1.807) is 11.0 Å². The van der Waals surface area contributed by atoms with E-state index in [2.05, 4.69) is 6.58 Å². The zero-order valence-electron chi connectivity index (χ0n) is 9.26.